The monoisotopic (exact) mass is 350 g/mol. The number of nitrogens with zero attached hydrogens (tertiary/aromatic N) is 4. The second kappa shape index (κ2) is 7.77. The number of benzene rings is 1. The Balaban J connectivity index is 1.53. The Labute approximate surface area is 152 Å². The molecule has 0 unspecified atom stereocenters. The van der Waals surface area contributed by atoms with Crippen LogP contribution in [0.3, 0.4) is 0 Å². The minimum Gasteiger partial charge on any atom is -0.368 e. The predicted octanol–water partition coefficient (Wildman–Crippen LogP) is 2.43. The number of rotatable bonds is 6. The molecule has 1 aromatic carbocycles. The number of nitrogens with one attached hydrogen (secondary N) is 2. The molecule has 0 radical (unpaired) electrons. The number of amides is 1. The minimum absolute atomic E-state index is 0.0697. The van der Waals surface area contributed by atoms with Gasteiger partial charge in [0.2, 0.25) is 0 Å². The maximum atomic E-state index is 12.3. The summed E-state index contributed by atoms with van der Waals surface area (Å²) in [5.41, 5.74) is 3.75. The lowest BCUT2D eigenvalue weighted by molar-refractivity contribution is 0.0954. The Morgan fingerprint density at radius 1 is 1.08 bits per heavy atom. The van der Waals surface area contributed by atoms with Crippen LogP contribution in [-0.2, 0) is 0 Å². The zero-order valence-corrected chi connectivity index (χ0v) is 15.2. The highest BCUT2D eigenvalue weighted by Gasteiger charge is 2.08. The fraction of sp³-hybridized carbons (Fsp3) is 0.263. The van der Waals surface area contributed by atoms with Crippen molar-refractivity contribution in [3.63, 3.8) is 0 Å². The summed E-state index contributed by atoms with van der Waals surface area (Å²) >= 11 is 0. The van der Waals surface area contributed by atoms with Gasteiger partial charge in [-0.15, -0.1) is 0 Å². The largest absolute Gasteiger partial charge is 0.368 e. The molecule has 0 saturated heterocycles. The molecule has 2 heterocycles. The molecule has 7 heteroatoms. The van der Waals surface area contributed by atoms with Crippen LogP contribution in [0.25, 0.3) is 5.82 Å². The Kier molecular flexibility index (Phi) is 5.26. The number of anilines is 1. The van der Waals surface area contributed by atoms with E-state index in [-0.39, 0.29) is 5.91 Å². The normalized spacial score (nSPS) is 10.6. The van der Waals surface area contributed by atoms with Crippen molar-refractivity contribution in [2.45, 2.75) is 20.8 Å². The van der Waals surface area contributed by atoms with Gasteiger partial charge in [0, 0.05) is 30.9 Å². The third kappa shape index (κ3) is 4.24. The molecule has 0 saturated carbocycles. The Morgan fingerprint density at radius 2 is 1.92 bits per heavy atom. The number of aromatic nitrogens is 4. The molecule has 0 aliphatic rings. The van der Waals surface area contributed by atoms with Gasteiger partial charge in [0.1, 0.15) is 12.1 Å². The number of hydrogen-bond acceptors (Lipinski definition) is 5. The van der Waals surface area contributed by atoms with Gasteiger partial charge in [0.25, 0.3) is 5.91 Å². The lowest BCUT2D eigenvalue weighted by Gasteiger charge is -2.10. The quantitative estimate of drug-likeness (QED) is 0.667. The second-order valence-electron chi connectivity index (χ2n) is 6.16. The summed E-state index contributed by atoms with van der Waals surface area (Å²) in [5, 5.41) is 10.4. The average molecular weight is 350 g/mol. The molecule has 7 nitrogen and oxygen atoms in total. The number of carbonyl (C=O) groups excluding carboxylic acids is 1. The third-order valence-electron chi connectivity index (χ3n) is 3.95. The molecule has 134 valence electrons. The van der Waals surface area contributed by atoms with Crippen LogP contribution in [0.2, 0.25) is 0 Å². The summed E-state index contributed by atoms with van der Waals surface area (Å²) in [6, 6.07) is 9.54. The van der Waals surface area contributed by atoms with Crippen LogP contribution in [-0.4, -0.2) is 38.7 Å². The fourth-order valence-electron chi connectivity index (χ4n) is 2.64. The summed E-state index contributed by atoms with van der Waals surface area (Å²) in [6.07, 6.45) is 3.34. The number of carbonyl (C=O) groups is 1. The highest BCUT2D eigenvalue weighted by molar-refractivity contribution is 5.95. The third-order valence-corrected chi connectivity index (χ3v) is 3.95. The van der Waals surface area contributed by atoms with Crippen LogP contribution >= 0.6 is 0 Å². The van der Waals surface area contributed by atoms with Crippen LogP contribution in [0.1, 0.15) is 27.2 Å². The molecular weight excluding hydrogens is 328 g/mol. The van der Waals surface area contributed by atoms with E-state index in [1.807, 2.05) is 57.3 Å². The number of hydrogen-bond donors (Lipinski definition) is 2. The van der Waals surface area contributed by atoms with E-state index in [2.05, 4.69) is 25.7 Å². The molecule has 0 aliphatic carbocycles. The highest BCUT2D eigenvalue weighted by Crippen LogP contribution is 2.10. The Morgan fingerprint density at radius 3 is 2.65 bits per heavy atom. The fourth-order valence-corrected chi connectivity index (χ4v) is 2.64. The van der Waals surface area contributed by atoms with Gasteiger partial charge in [-0.1, -0.05) is 17.7 Å². The van der Waals surface area contributed by atoms with Crippen molar-refractivity contribution in [1.82, 2.24) is 25.1 Å². The van der Waals surface area contributed by atoms with Crippen molar-refractivity contribution in [2.75, 3.05) is 18.4 Å². The van der Waals surface area contributed by atoms with Crippen LogP contribution in [0.5, 0.6) is 0 Å². The maximum absolute atomic E-state index is 12.3. The van der Waals surface area contributed by atoms with Gasteiger partial charge < -0.3 is 10.6 Å². The summed E-state index contributed by atoms with van der Waals surface area (Å²) in [6.45, 7) is 6.94. The van der Waals surface area contributed by atoms with E-state index < -0.39 is 0 Å². The first kappa shape index (κ1) is 17.6. The van der Waals surface area contributed by atoms with Gasteiger partial charge in [-0.2, -0.15) is 5.10 Å². The van der Waals surface area contributed by atoms with E-state index >= 15 is 0 Å². The first-order valence-electron chi connectivity index (χ1n) is 8.47. The minimum atomic E-state index is -0.0697. The van der Waals surface area contributed by atoms with Crippen LogP contribution in [0, 0.1) is 20.8 Å². The first-order valence-corrected chi connectivity index (χ1v) is 8.47. The van der Waals surface area contributed by atoms with Crippen molar-refractivity contribution in [2.24, 2.45) is 0 Å². The van der Waals surface area contributed by atoms with E-state index in [0.29, 0.717) is 30.3 Å². The van der Waals surface area contributed by atoms with Gasteiger partial charge in [0.15, 0.2) is 5.82 Å². The zero-order chi connectivity index (χ0) is 18.5. The number of aryl methyl sites for hydroxylation is 3. The van der Waals surface area contributed by atoms with E-state index in [0.717, 1.165) is 16.8 Å². The molecule has 2 N–H and O–H groups in total. The summed E-state index contributed by atoms with van der Waals surface area (Å²) in [4.78, 5) is 20.7. The second-order valence-corrected chi connectivity index (χ2v) is 6.16. The molecular formula is C19H22N6O. The van der Waals surface area contributed by atoms with Gasteiger partial charge >= 0.3 is 0 Å². The predicted molar refractivity (Wildman–Crippen MR) is 101 cm³/mol. The lowest BCUT2D eigenvalue weighted by atomic mass is 10.1. The average Bonchev–Trinajstić information content (AvgIpc) is 3.05. The molecule has 0 spiro atoms. The summed E-state index contributed by atoms with van der Waals surface area (Å²) in [5.74, 6) is 1.30. The summed E-state index contributed by atoms with van der Waals surface area (Å²) < 4.78 is 1.70. The Bertz CT molecular complexity index is 918. The maximum Gasteiger partial charge on any atom is 0.251 e. The van der Waals surface area contributed by atoms with Crippen molar-refractivity contribution in [3.05, 3.63) is 65.2 Å². The molecule has 0 bridgehead atoms. The molecule has 0 fully saturated rings. The first-order chi connectivity index (χ1) is 12.5. The topological polar surface area (TPSA) is 84.7 Å². The SMILES string of the molecule is Cc1ccc(C(=O)NCCNc2cc(-n3ccc(C)n3)ncn2)c(C)c1. The van der Waals surface area contributed by atoms with E-state index in [4.69, 9.17) is 0 Å². The van der Waals surface area contributed by atoms with Gasteiger partial charge in [-0.25, -0.2) is 14.6 Å². The standard InChI is InChI=1S/C19H22N6O/c1-13-4-5-16(14(2)10-13)19(26)21-8-7-20-17-11-18(23-12-22-17)25-9-6-15(3)24-25/h4-6,9-12H,7-8H2,1-3H3,(H,21,26)(H,20,22,23). The van der Waals surface area contributed by atoms with E-state index in [1.165, 1.54) is 6.33 Å². The highest BCUT2D eigenvalue weighted by atomic mass is 16.1. The van der Waals surface area contributed by atoms with E-state index in [1.54, 1.807) is 4.68 Å². The van der Waals surface area contributed by atoms with Crippen LogP contribution < -0.4 is 10.6 Å². The zero-order valence-electron chi connectivity index (χ0n) is 15.2. The Hall–Kier alpha value is -3.22. The molecule has 2 aromatic heterocycles. The smallest absolute Gasteiger partial charge is 0.251 e. The van der Waals surface area contributed by atoms with Crippen molar-refractivity contribution in [3.8, 4) is 5.82 Å². The van der Waals surface area contributed by atoms with Crippen molar-refractivity contribution in [1.29, 1.82) is 0 Å². The van der Waals surface area contributed by atoms with Gasteiger partial charge in [-0.3, -0.25) is 4.79 Å². The molecule has 1 amide bonds. The van der Waals surface area contributed by atoms with E-state index in [9.17, 15) is 4.79 Å². The summed E-state index contributed by atoms with van der Waals surface area (Å²) in [7, 11) is 0. The molecule has 3 aromatic rings. The van der Waals surface area contributed by atoms with Crippen molar-refractivity contribution >= 4 is 11.7 Å². The van der Waals surface area contributed by atoms with Gasteiger partial charge in [-0.05, 0) is 38.5 Å². The molecule has 0 atom stereocenters. The van der Waals surface area contributed by atoms with Crippen molar-refractivity contribution < 1.29 is 4.79 Å². The lowest BCUT2D eigenvalue weighted by Crippen LogP contribution is -2.29. The molecule has 3 rings (SSSR count). The van der Waals surface area contributed by atoms with Crippen LogP contribution in [0.4, 0.5) is 5.82 Å². The molecule has 26 heavy (non-hydrogen) atoms. The molecule has 0 aliphatic heterocycles. The van der Waals surface area contributed by atoms with Crippen LogP contribution in [0.15, 0.2) is 42.9 Å². The van der Waals surface area contributed by atoms with Gasteiger partial charge in [0.05, 0.1) is 5.69 Å².